The fourth-order valence-electron chi connectivity index (χ4n) is 2.49. The van der Waals surface area contributed by atoms with Crippen molar-refractivity contribution >= 4 is 0 Å². The summed E-state index contributed by atoms with van der Waals surface area (Å²) >= 11 is 0. The average Bonchev–Trinajstić information content (AvgIpc) is 2.98. The minimum Gasteiger partial charge on any atom is -0.383 e. The number of benzene rings is 1. The van der Waals surface area contributed by atoms with Gasteiger partial charge in [-0.15, -0.1) is 0 Å². The molecule has 1 aromatic carbocycles. The van der Waals surface area contributed by atoms with Gasteiger partial charge in [-0.1, -0.05) is 36.8 Å². The second-order valence-electron chi connectivity index (χ2n) is 5.38. The predicted molar refractivity (Wildman–Crippen MR) is 71.4 cm³/mol. The van der Waals surface area contributed by atoms with Gasteiger partial charge in [-0.2, -0.15) is 0 Å². The summed E-state index contributed by atoms with van der Waals surface area (Å²) in [5.41, 5.74) is 3.22. The summed E-state index contributed by atoms with van der Waals surface area (Å²) in [5, 5.41) is 3.46. The Morgan fingerprint density at radius 2 is 2.06 bits per heavy atom. The second kappa shape index (κ2) is 5.19. The van der Waals surface area contributed by atoms with Gasteiger partial charge < -0.3 is 10.1 Å². The molecule has 0 heterocycles. The van der Waals surface area contributed by atoms with E-state index < -0.39 is 0 Å². The van der Waals surface area contributed by atoms with Gasteiger partial charge in [0.15, 0.2) is 0 Å². The lowest BCUT2D eigenvalue weighted by Crippen LogP contribution is -2.23. The molecule has 1 aliphatic carbocycles. The lowest BCUT2D eigenvalue weighted by Gasteiger charge is -2.12. The number of ether oxygens (including phenoxy) is 1. The van der Waals surface area contributed by atoms with Crippen LogP contribution in [0.15, 0.2) is 24.3 Å². The van der Waals surface area contributed by atoms with E-state index in [1.54, 1.807) is 7.11 Å². The first-order valence-electron chi connectivity index (χ1n) is 6.43. The molecular formula is C15H23NO. The third kappa shape index (κ3) is 2.88. The highest BCUT2D eigenvalue weighted by Gasteiger charge is 2.50. The molecule has 2 heteroatoms. The Balaban J connectivity index is 1.84. The van der Waals surface area contributed by atoms with Crippen LogP contribution in [-0.2, 0) is 10.2 Å². The topological polar surface area (TPSA) is 21.3 Å². The van der Waals surface area contributed by atoms with Crippen LogP contribution >= 0.6 is 0 Å². The summed E-state index contributed by atoms with van der Waals surface area (Å²) in [6.45, 7) is 7.38. The van der Waals surface area contributed by atoms with Crippen molar-refractivity contribution in [2.45, 2.75) is 25.7 Å². The first-order valence-corrected chi connectivity index (χ1v) is 6.43. The summed E-state index contributed by atoms with van der Waals surface area (Å²) < 4.78 is 5.03. The Morgan fingerprint density at radius 3 is 2.71 bits per heavy atom. The number of nitrogens with one attached hydrogen (secondary N) is 1. The number of aryl methyl sites for hydroxylation is 1. The molecule has 1 saturated carbocycles. The van der Waals surface area contributed by atoms with E-state index in [0.29, 0.717) is 5.41 Å². The van der Waals surface area contributed by atoms with Gasteiger partial charge in [0.05, 0.1) is 6.61 Å². The average molecular weight is 233 g/mol. The molecule has 1 aliphatic rings. The van der Waals surface area contributed by atoms with Gasteiger partial charge in [-0.3, -0.25) is 0 Å². The van der Waals surface area contributed by atoms with Gasteiger partial charge in [-0.05, 0) is 36.8 Å². The summed E-state index contributed by atoms with van der Waals surface area (Å²) in [5.74, 6) is 0.780. The Hall–Kier alpha value is -0.860. The van der Waals surface area contributed by atoms with Crippen molar-refractivity contribution in [3.05, 3.63) is 35.4 Å². The molecule has 2 nitrogen and oxygen atoms in total. The van der Waals surface area contributed by atoms with Crippen molar-refractivity contribution in [3.63, 3.8) is 0 Å². The first-order chi connectivity index (χ1) is 8.16. The zero-order valence-corrected chi connectivity index (χ0v) is 11.1. The third-order valence-electron chi connectivity index (χ3n) is 4.00. The van der Waals surface area contributed by atoms with Gasteiger partial charge in [0, 0.05) is 13.7 Å². The Labute approximate surface area is 104 Å². The highest BCUT2D eigenvalue weighted by molar-refractivity contribution is 5.34. The van der Waals surface area contributed by atoms with Crippen LogP contribution in [0.3, 0.4) is 0 Å². The lowest BCUT2D eigenvalue weighted by atomic mass is 9.94. The normalized spacial score (nSPS) is 27.1. The standard InChI is InChI=1S/C15H23NO/c1-12-4-6-13(7-5-12)15(2)10-14(15)11-16-8-9-17-3/h4-7,14,16H,8-11H2,1-3H3. The van der Waals surface area contributed by atoms with Crippen LogP contribution in [0.5, 0.6) is 0 Å². The van der Waals surface area contributed by atoms with Crippen LogP contribution in [0.4, 0.5) is 0 Å². The molecule has 2 rings (SSSR count). The Bertz CT molecular complexity index is 360. The van der Waals surface area contributed by atoms with Crippen molar-refractivity contribution in [2.75, 3.05) is 26.8 Å². The van der Waals surface area contributed by atoms with E-state index >= 15 is 0 Å². The lowest BCUT2D eigenvalue weighted by molar-refractivity contribution is 0.199. The maximum Gasteiger partial charge on any atom is 0.0587 e. The van der Waals surface area contributed by atoms with E-state index in [-0.39, 0.29) is 0 Å². The fraction of sp³-hybridized carbons (Fsp3) is 0.600. The maximum atomic E-state index is 5.03. The van der Waals surface area contributed by atoms with Gasteiger partial charge in [0.25, 0.3) is 0 Å². The second-order valence-corrected chi connectivity index (χ2v) is 5.38. The largest absolute Gasteiger partial charge is 0.383 e. The smallest absolute Gasteiger partial charge is 0.0587 e. The van der Waals surface area contributed by atoms with Crippen molar-refractivity contribution in [1.29, 1.82) is 0 Å². The molecule has 2 atom stereocenters. The molecule has 2 unspecified atom stereocenters. The number of methoxy groups -OCH3 is 1. The summed E-state index contributed by atoms with van der Waals surface area (Å²) in [4.78, 5) is 0. The molecule has 1 N–H and O–H groups in total. The van der Waals surface area contributed by atoms with Crippen LogP contribution in [0.2, 0.25) is 0 Å². The quantitative estimate of drug-likeness (QED) is 0.762. The van der Waals surface area contributed by atoms with E-state index in [2.05, 4.69) is 43.4 Å². The van der Waals surface area contributed by atoms with Crippen LogP contribution in [0.1, 0.15) is 24.5 Å². The van der Waals surface area contributed by atoms with E-state index in [1.165, 1.54) is 17.5 Å². The summed E-state index contributed by atoms with van der Waals surface area (Å²) in [6.07, 6.45) is 1.30. The molecule has 0 aliphatic heterocycles. The fourth-order valence-corrected chi connectivity index (χ4v) is 2.49. The highest BCUT2D eigenvalue weighted by atomic mass is 16.5. The van der Waals surface area contributed by atoms with Crippen LogP contribution in [0, 0.1) is 12.8 Å². The maximum absolute atomic E-state index is 5.03. The zero-order valence-electron chi connectivity index (χ0n) is 11.1. The minimum atomic E-state index is 0.397. The molecule has 1 aromatic rings. The van der Waals surface area contributed by atoms with E-state index in [0.717, 1.165) is 25.6 Å². The van der Waals surface area contributed by atoms with Crippen LogP contribution in [0.25, 0.3) is 0 Å². The Morgan fingerprint density at radius 1 is 1.35 bits per heavy atom. The van der Waals surface area contributed by atoms with Gasteiger partial charge >= 0.3 is 0 Å². The van der Waals surface area contributed by atoms with E-state index in [1.807, 2.05) is 0 Å². The van der Waals surface area contributed by atoms with Crippen molar-refractivity contribution in [2.24, 2.45) is 5.92 Å². The van der Waals surface area contributed by atoms with E-state index in [4.69, 9.17) is 4.74 Å². The molecule has 0 aromatic heterocycles. The predicted octanol–water partition coefficient (Wildman–Crippen LogP) is 2.51. The monoisotopic (exact) mass is 233 g/mol. The van der Waals surface area contributed by atoms with Crippen LogP contribution < -0.4 is 5.32 Å². The molecular weight excluding hydrogens is 210 g/mol. The number of hydrogen-bond donors (Lipinski definition) is 1. The molecule has 1 fully saturated rings. The van der Waals surface area contributed by atoms with Crippen molar-refractivity contribution in [3.8, 4) is 0 Å². The van der Waals surface area contributed by atoms with Gasteiger partial charge in [0.1, 0.15) is 0 Å². The molecule has 17 heavy (non-hydrogen) atoms. The van der Waals surface area contributed by atoms with Crippen molar-refractivity contribution in [1.82, 2.24) is 5.32 Å². The summed E-state index contributed by atoms with van der Waals surface area (Å²) in [6, 6.07) is 9.00. The highest BCUT2D eigenvalue weighted by Crippen LogP contribution is 2.53. The van der Waals surface area contributed by atoms with Crippen molar-refractivity contribution < 1.29 is 4.74 Å². The molecule has 0 amide bonds. The molecule has 0 bridgehead atoms. The molecule has 94 valence electrons. The van der Waals surface area contributed by atoms with Gasteiger partial charge in [0.2, 0.25) is 0 Å². The SMILES string of the molecule is COCCNCC1CC1(C)c1ccc(C)cc1. The number of rotatable bonds is 6. The minimum absolute atomic E-state index is 0.397. The van der Waals surface area contributed by atoms with Crippen LogP contribution in [-0.4, -0.2) is 26.8 Å². The Kier molecular flexibility index (Phi) is 3.85. The molecule has 0 saturated heterocycles. The van der Waals surface area contributed by atoms with E-state index in [9.17, 15) is 0 Å². The summed E-state index contributed by atoms with van der Waals surface area (Å²) in [7, 11) is 1.75. The zero-order chi connectivity index (χ0) is 12.3. The molecule has 0 radical (unpaired) electrons. The van der Waals surface area contributed by atoms with Gasteiger partial charge in [-0.25, -0.2) is 0 Å². The third-order valence-corrected chi connectivity index (χ3v) is 4.00. The first kappa shape index (κ1) is 12.6. The number of hydrogen-bond acceptors (Lipinski definition) is 2. The molecule has 0 spiro atoms.